The molecule has 9 heteroatoms. The first-order valence-electron chi connectivity index (χ1n) is 22.2. The zero-order valence-electron chi connectivity index (χ0n) is 34.5. The Hall–Kier alpha value is -1.59. The van der Waals surface area contributed by atoms with Gasteiger partial charge in [-0.15, -0.1) is 0 Å². The number of rotatable bonds is 36. The summed E-state index contributed by atoms with van der Waals surface area (Å²) in [6, 6.07) is -0.823. The number of carbonyl (C=O) groups excluding carboxylic acids is 1. The molecule has 0 aromatic heterocycles. The topological polar surface area (TPSA) is 149 Å². The fourth-order valence-corrected chi connectivity index (χ4v) is 6.83. The zero-order valence-corrected chi connectivity index (χ0v) is 34.5. The van der Waals surface area contributed by atoms with E-state index < -0.39 is 49.5 Å². The van der Waals surface area contributed by atoms with Gasteiger partial charge in [-0.25, -0.2) is 0 Å². The number of unbranched alkanes of at least 4 members (excludes halogenated alkanes) is 22. The SMILES string of the molecule is CCCCC/C=C/CC/C=C/CC/C=C/C(O)C(COC1OC(CO)C(O)C(O)C1O)NC(=O)CCCCCCCCCCCCCCCCCCCC. The second-order valence-corrected chi connectivity index (χ2v) is 15.5. The molecule has 0 spiro atoms. The van der Waals surface area contributed by atoms with Crippen molar-refractivity contribution in [3.05, 3.63) is 36.5 Å². The van der Waals surface area contributed by atoms with E-state index in [1.54, 1.807) is 6.08 Å². The molecule has 1 aliphatic heterocycles. The van der Waals surface area contributed by atoms with Crippen LogP contribution in [-0.2, 0) is 14.3 Å². The highest BCUT2D eigenvalue weighted by Crippen LogP contribution is 2.22. The van der Waals surface area contributed by atoms with Gasteiger partial charge in [0.15, 0.2) is 6.29 Å². The number of hydrogen-bond donors (Lipinski definition) is 6. The molecule has 54 heavy (non-hydrogen) atoms. The second kappa shape index (κ2) is 35.8. The molecule has 1 rings (SSSR count). The molecule has 316 valence electrons. The molecule has 0 radical (unpaired) electrons. The average molecular weight is 766 g/mol. The van der Waals surface area contributed by atoms with Crippen LogP contribution in [0.5, 0.6) is 0 Å². The maximum Gasteiger partial charge on any atom is 0.220 e. The molecule has 9 nitrogen and oxygen atoms in total. The summed E-state index contributed by atoms with van der Waals surface area (Å²) in [6.07, 6.45) is 36.2. The second-order valence-electron chi connectivity index (χ2n) is 15.5. The van der Waals surface area contributed by atoms with E-state index in [-0.39, 0.29) is 12.5 Å². The normalized spacial score (nSPS) is 21.8. The van der Waals surface area contributed by atoms with Gasteiger partial charge >= 0.3 is 0 Å². The lowest BCUT2D eigenvalue weighted by atomic mass is 9.99. The fourth-order valence-electron chi connectivity index (χ4n) is 6.83. The van der Waals surface area contributed by atoms with Gasteiger partial charge in [0.05, 0.1) is 25.4 Å². The Morgan fingerprint density at radius 1 is 0.611 bits per heavy atom. The van der Waals surface area contributed by atoms with Gasteiger partial charge in [0, 0.05) is 6.42 Å². The summed E-state index contributed by atoms with van der Waals surface area (Å²) in [5, 5.41) is 54.0. The van der Waals surface area contributed by atoms with Gasteiger partial charge in [0.1, 0.15) is 24.4 Å². The van der Waals surface area contributed by atoms with Gasteiger partial charge in [-0.05, 0) is 44.9 Å². The maximum absolute atomic E-state index is 12.9. The van der Waals surface area contributed by atoms with Crippen molar-refractivity contribution in [3.8, 4) is 0 Å². The molecule has 0 aromatic rings. The third-order valence-electron chi connectivity index (χ3n) is 10.4. The Bertz CT molecular complexity index is 941. The lowest BCUT2D eigenvalue weighted by Gasteiger charge is -2.40. The number of aliphatic hydroxyl groups excluding tert-OH is 5. The van der Waals surface area contributed by atoms with E-state index in [2.05, 4.69) is 43.5 Å². The van der Waals surface area contributed by atoms with E-state index in [4.69, 9.17) is 9.47 Å². The number of aliphatic hydroxyl groups is 5. The van der Waals surface area contributed by atoms with Crippen LogP contribution in [0.15, 0.2) is 36.5 Å². The molecule has 7 unspecified atom stereocenters. The molecule has 0 bridgehead atoms. The Morgan fingerprint density at radius 3 is 1.56 bits per heavy atom. The van der Waals surface area contributed by atoms with Crippen molar-refractivity contribution in [2.45, 2.75) is 230 Å². The van der Waals surface area contributed by atoms with Crippen molar-refractivity contribution in [2.75, 3.05) is 13.2 Å². The van der Waals surface area contributed by atoms with E-state index in [0.717, 1.165) is 51.4 Å². The monoisotopic (exact) mass is 766 g/mol. The summed E-state index contributed by atoms with van der Waals surface area (Å²) in [6.45, 7) is 3.71. The highest BCUT2D eigenvalue weighted by Gasteiger charge is 2.44. The van der Waals surface area contributed by atoms with Crippen molar-refractivity contribution in [1.82, 2.24) is 5.32 Å². The van der Waals surface area contributed by atoms with Gasteiger partial charge in [0.25, 0.3) is 0 Å². The Labute approximate surface area is 330 Å². The molecular weight excluding hydrogens is 682 g/mol. The van der Waals surface area contributed by atoms with Crippen LogP contribution in [0.4, 0.5) is 0 Å². The molecular formula is C45H83NO8. The lowest BCUT2D eigenvalue weighted by Crippen LogP contribution is -2.60. The number of carbonyl (C=O) groups is 1. The van der Waals surface area contributed by atoms with Crippen molar-refractivity contribution < 1.29 is 39.8 Å². The van der Waals surface area contributed by atoms with Gasteiger partial charge < -0.3 is 40.3 Å². The molecule has 0 aliphatic carbocycles. The van der Waals surface area contributed by atoms with Gasteiger partial charge in [0.2, 0.25) is 5.91 Å². The van der Waals surface area contributed by atoms with Gasteiger partial charge in [-0.1, -0.05) is 172 Å². The number of ether oxygens (including phenoxy) is 2. The minimum absolute atomic E-state index is 0.191. The zero-order chi connectivity index (χ0) is 39.5. The summed E-state index contributed by atoms with van der Waals surface area (Å²) >= 11 is 0. The van der Waals surface area contributed by atoms with E-state index in [1.807, 2.05) is 6.08 Å². The lowest BCUT2D eigenvalue weighted by molar-refractivity contribution is -0.302. The molecule has 0 aromatic carbocycles. The van der Waals surface area contributed by atoms with Crippen molar-refractivity contribution in [1.29, 1.82) is 0 Å². The fraction of sp³-hybridized carbons (Fsp3) is 0.844. The van der Waals surface area contributed by atoms with E-state index in [9.17, 15) is 30.3 Å². The number of amides is 1. The highest BCUT2D eigenvalue weighted by molar-refractivity contribution is 5.76. The minimum atomic E-state index is -1.57. The Kier molecular flexibility index (Phi) is 33.4. The number of hydrogen-bond acceptors (Lipinski definition) is 8. The van der Waals surface area contributed by atoms with Crippen molar-refractivity contribution in [3.63, 3.8) is 0 Å². The third kappa shape index (κ3) is 26.3. The predicted molar refractivity (Wildman–Crippen MR) is 221 cm³/mol. The molecule has 7 atom stereocenters. The van der Waals surface area contributed by atoms with Crippen molar-refractivity contribution >= 4 is 5.91 Å². The van der Waals surface area contributed by atoms with Crippen LogP contribution in [0.25, 0.3) is 0 Å². The molecule has 0 saturated carbocycles. The number of allylic oxidation sites excluding steroid dienone is 5. The largest absolute Gasteiger partial charge is 0.394 e. The summed E-state index contributed by atoms with van der Waals surface area (Å²) < 4.78 is 11.2. The van der Waals surface area contributed by atoms with Crippen LogP contribution in [0.1, 0.15) is 187 Å². The molecule has 1 saturated heterocycles. The highest BCUT2D eigenvalue weighted by atomic mass is 16.7. The summed E-state index contributed by atoms with van der Waals surface area (Å²) in [7, 11) is 0. The Morgan fingerprint density at radius 2 is 1.06 bits per heavy atom. The average Bonchev–Trinajstić information content (AvgIpc) is 3.17. The van der Waals surface area contributed by atoms with Crippen LogP contribution >= 0.6 is 0 Å². The van der Waals surface area contributed by atoms with Crippen LogP contribution in [0.3, 0.4) is 0 Å². The van der Waals surface area contributed by atoms with E-state index in [1.165, 1.54) is 116 Å². The molecule has 6 N–H and O–H groups in total. The smallest absolute Gasteiger partial charge is 0.220 e. The quantitative estimate of drug-likeness (QED) is 0.0274. The van der Waals surface area contributed by atoms with Gasteiger partial charge in [-0.3, -0.25) is 4.79 Å². The van der Waals surface area contributed by atoms with Crippen LogP contribution in [0.2, 0.25) is 0 Å². The van der Waals surface area contributed by atoms with Crippen molar-refractivity contribution in [2.24, 2.45) is 0 Å². The molecule has 1 heterocycles. The molecule has 1 fully saturated rings. The van der Waals surface area contributed by atoms with E-state index >= 15 is 0 Å². The summed E-state index contributed by atoms with van der Waals surface area (Å²) in [5.41, 5.74) is 0. The summed E-state index contributed by atoms with van der Waals surface area (Å²) in [5.74, 6) is -0.191. The van der Waals surface area contributed by atoms with E-state index in [0.29, 0.717) is 6.42 Å². The van der Waals surface area contributed by atoms with Crippen LogP contribution in [-0.4, -0.2) is 87.5 Å². The van der Waals surface area contributed by atoms with Gasteiger partial charge in [-0.2, -0.15) is 0 Å². The Balaban J connectivity index is 2.38. The first kappa shape index (κ1) is 50.4. The standard InChI is InChI=1S/C45H83NO8/c1-3-5-7-9-11-13-15-17-18-19-20-21-23-25-27-29-31-33-35-41(49)46-38(37-53-45-44(52)43(51)42(50)40(36-47)54-45)39(48)34-32-30-28-26-24-22-16-14-12-10-8-6-4-2/h12,14,24,26,32,34,38-40,42-45,47-48,50-52H,3-11,13,15-23,25,27-31,33,35-37H2,1-2H3,(H,46,49)/b14-12+,26-24+,34-32+. The number of nitrogens with one attached hydrogen (secondary N) is 1. The maximum atomic E-state index is 12.9. The summed E-state index contributed by atoms with van der Waals surface area (Å²) in [4.78, 5) is 12.9. The third-order valence-corrected chi connectivity index (χ3v) is 10.4. The first-order valence-corrected chi connectivity index (χ1v) is 22.2. The first-order chi connectivity index (χ1) is 26.3. The molecule has 1 amide bonds. The predicted octanol–water partition coefficient (Wildman–Crippen LogP) is 8.89. The molecule has 1 aliphatic rings. The minimum Gasteiger partial charge on any atom is -0.394 e. The van der Waals surface area contributed by atoms with Crippen LogP contribution in [0, 0.1) is 0 Å². The van der Waals surface area contributed by atoms with Crippen LogP contribution < -0.4 is 5.32 Å².